The van der Waals surface area contributed by atoms with E-state index in [-0.39, 0.29) is 28.8 Å². The first kappa shape index (κ1) is 15.2. The smallest absolute Gasteiger partial charge is 0.336 e. The number of nitro benzene ring substituents is 1. The molecule has 1 N–H and O–H groups in total. The summed E-state index contributed by atoms with van der Waals surface area (Å²) < 4.78 is 4.39. The van der Waals surface area contributed by atoms with Gasteiger partial charge in [-0.15, -0.1) is 0 Å². The van der Waals surface area contributed by atoms with Crippen molar-refractivity contribution in [2.24, 2.45) is 0 Å². The molecule has 0 aliphatic heterocycles. The van der Waals surface area contributed by atoms with Crippen molar-refractivity contribution in [2.45, 2.75) is 13.3 Å². The molecular formula is C13H11NO6. The average Bonchev–Trinajstić information content (AvgIpc) is 2.39. The van der Waals surface area contributed by atoms with Crippen molar-refractivity contribution in [3.63, 3.8) is 0 Å². The molecule has 0 aromatic heterocycles. The number of carboxylic acids is 1. The zero-order chi connectivity index (χ0) is 15.3. The Balaban J connectivity index is 3.24. The highest BCUT2D eigenvalue weighted by molar-refractivity contribution is 5.91. The van der Waals surface area contributed by atoms with Crippen molar-refractivity contribution < 1.29 is 24.4 Å². The van der Waals surface area contributed by atoms with Crippen molar-refractivity contribution in [1.82, 2.24) is 0 Å². The second-order valence-corrected chi connectivity index (χ2v) is 3.78. The van der Waals surface area contributed by atoms with Crippen LogP contribution in [-0.4, -0.2) is 29.1 Å². The number of methoxy groups -OCH3 is 1. The monoisotopic (exact) mass is 277 g/mol. The van der Waals surface area contributed by atoms with E-state index in [2.05, 4.69) is 16.6 Å². The Labute approximate surface area is 114 Å². The molecule has 0 unspecified atom stereocenters. The van der Waals surface area contributed by atoms with Gasteiger partial charge in [-0.1, -0.05) is 11.8 Å². The minimum atomic E-state index is -1.28. The normalized spacial score (nSPS) is 9.30. The highest BCUT2D eigenvalue weighted by atomic mass is 16.6. The molecule has 0 aliphatic carbocycles. The van der Waals surface area contributed by atoms with Crippen molar-refractivity contribution in [3.05, 3.63) is 38.9 Å². The maximum absolute atomic E-state index is 11.0. The average molecular weight is 277 g/mol. The first-order valence-electron chi connectivity index (χ1n) is 5.44. The predicted molar refractivity (Wildman–Crippen MR) is 68.3 cm³/mol. The summed E-state index contributed by atoms with van der Waals surface area (Å²) in [6.07, 6.45) is -0.180. The lowest BCUT2D eigenvalue weighted by atomic mass is 10.0. The summed E-state index contributed by atoms with van der Waals surface area (Å²) in [5.74, 6) is 3.15. The Hall–Kier alpha value is -2.88. The highest BCUT2D eigenvalue weighted by Gasteiger charge is 2.19. The zero-order valence-electron chi connectivity index (χ0n) is 10.8. The van der Waals surface area contributed by atoms with Gasteiger partial charge in [-0.2, -0.15) is 0 Å². The molecule has 7 nitrogen and oxygen atoms in total. The van der Waals surface area contributed by atoms with Gasteiger partial charge in [0.25, 0.3) is 5.69 Å². The third-order valence-electron chi connectivity index (χ3n) is 2.50. The molecule has 1 aromatic carbocycles. The van der Waals surface area contributed by atoms with Crippen LogP contribution in [0.2, 0.25) is 0 Å². The Morgan fingerprint density at radius 2 is 2.10 bits per heavy atom. The minimum absolute atomic E-state index is 0.0565. The number of hydrogen-bond donors (Lipinski definition) is 1. The van der Waals surface area contributed by atoms with Gasteiger partial charge < -0.3 is 9.84 Å². The lowest BCUT2D eigenvalue weighted by Gasteiger charge is -2.03. The second kappa shape index (κ2) is 6.33. The number of carbonyl (C=O) groups excluding carboxylic acids is 1. The number of carboxylic acid groups (broad SMARTS) is 1. The van der Waals surface area contributed by atoms with E-state index in [1.807, 2.05) is 0 Å². The molecule has 0 atom stereocenters. The molecule has 7 heteroatoms. The fourth-order valence-electron chi connectivity index (χ4n) is 1.47. The minimum Gasteiger partial charge on any atom is -0.478 e. The number of carbonyl (C=O) groups is 2. The summed E-state index contributed by atoms with van der Waals surface area (Å²) in [6, 6.07) is 2.40. The van der Waals surface area contributed by atoms with Crippen LogP contribution in [0.5, 0.6) is 0 Å². The van der Waals surface area contributed by atoms with Crippen LogP contribution >= 0.6 is 0 Å². The van der Waals surface area contributed by atoms with Gasteiger partial charge in [-0.3, -0.25) is 14.9 Å². The number of esters is 1. The van der Waals surface area contributed by atoms with E-state index >= 15 is 0 Å². The number of aromatic carboxylic acids is 1. The van der Waals surface area contributed by atoms with Crippen molar-refractivity contribution in [2.75, 3.05) is 7.11 Å². The van der Waals surface area contributed by atoms with Gasteiger partial charge in [0, 0.05) is 17.2 Å². The van der Waals surface area contributed by atoms with Crippen molar-refractivity contribution in [3.8, 4) is 11.8 Å². The molecule has 20 heavy (non-hydrogen) atoms. The molecule has 104 valence electrons. The lowest BCUT2D eigenvalue weighted by molar-refractivity contribution is -0.385. The van der Waals surface area contributed by atoms with Gasteiger partial charge in [0.15, 0.2) is 0 Å². The zero-order valence-corrected chi connectivity index (χ0v) is 10.8. The highest BCUT2D eigenvalue weighted by Crippen LogP contribution is 2.23. The number of nitrogens with zero attached hydrogens (tertiary/aromatic N) is 1. The molecular weight excluding hydrogens is 266 g/mol. The van der Waals surface area contributed by atoms with E-state index in [9.17, 15) is 19.7 Å². The molecule has 0 aliphatic rings. The summed E-state index contributed by atoms with van der Waals surface area (Å²) in [5.41, 5.74) is -0.307. The standard InChI is InChI=1S/C13H11NO6/c1-8-10(13(16)17)6-9(7-11(8)14(18)19)4-3-5-12(15)20-2/h6-7H,5H2,1-2H3,(H,16,17). The van der Waals surface area contributed by atoms with Gasteiger partial charge in [0.05, 0.1) is 17.6 Å². The third-order valence-corrected chi connectivity index (χ3v) is 2.50. The third kappa shape index (κ3) is 3.55. The Morgan fingerprint density at radius 1 is 1.45 bits per heavy atom. The topological polar surface area (TPSA) is 107 Å². The van der Waals surface area contributed by atoms with E-state index in [4.69, 9.17) is 5.11 Å². The van der Waals surface area contributed by atoms with E-state index in [0.717, 1.165) is 0 Å². The first-order valence-corrected chi connectivity index (χ1v) is 5.44. The molecule has 0 heterocycles. The molecule has 0 radical (unpaired) electrons. The van der Waals surface area contributed by atoms with Crippen LogP contribution in [0.25, 0.3) is 0 Å². The molecule has 0 amide bonds. The Morgan fingerprint density at radius 3 is 2.60 bits per heavy atom. The maximum Gasteiger partial charge on any atom is 0.336 e. The molecule has 0 bridgehead atoms. The van der Waals surface area contributed by atoms with E-state index in [1.54, 1.807) is 0 Å². The second-order valence-electron chi connectivity index (χ2n) is 3.78. The molecule has 0 saturated heterocycles. The van der Waals surface area contributed by atoms with E-state index in [1.165, 1.54) is 26.2 Å². The van der Waals surface area contributed by atoms with Gasteiger partial charge in [0.2, 0.25) is 0 Å². The van der Waals surface area contributed by atoms with Crippen LogP contribution in [0.4, 0.5) is 5.69 Å². The van der Waals surface area contributed by atoms with Crippen LogP contribution in [0.15, 0.2) is 12.1 Å². The van der Waals surface area contributed by atoms with Gasteiger partial charge in [0.1, 0.15) is 6.42 Å². The summed E-state index contributed by atoms with van der Waals surface area (Å²) in [7, 11) is 1.21. The quantitative estimate of drug-likeness (QED) is 0.388. The first-order chi connectivity index (χ1) is 9.36. The number of rotatable bonds is 3. The van der Waals surface area contributed by atoms with Gasteiger partial charge in [-0.05, 0) is 13.0 Å². The largest absolute Gasteiger partial charge is 0.478 e. The SMILES string of the molecule is COC(=O)CC#Cc1cc(C(=O)O)c(C)c([N+](=O)[O-])c1. The fraction of sp³-hybridized carbons (Fsp3) is 0.231. The number of ether oxygens (including phenoxy) is 1. The summed E-state index contributed by atoms with van der Waals surface area (Å²) >= 11 is 0. The molecule has 0 spiro atoms. The van der Waals surface area contributed by atoms with Crippen LogP contribution in [0.3, 0.4) is 0 Å². The molecule has 1 rings (SSSR count). The number of hydrogen-bond acceptors (Lipinski definition) is 5. The predicted octanol–water partition coefficient (Wildman–Crippen LogP) is 1.52. The molecule has 0 fully saturated rings. The molecule has 0 saturated carbocycles. The Bertz CT molecular complexity index is 603. The van der Waals surface area contributed by atoms with Gasteiger partial charge in [-0.25, -0.2) is 4.79 Å². The maximum atomic E-state index is 11.0. The summed E-state index contributed by atoms with van der Waals surface area (Å²) in [5, 5.41) is 19.9. The van der Waals surface area contributed by atoms with Crippen LogP contribution in [-0.2, 0) is 9.53 Å². The van der Waals surface area contributed by atoms with Gasteiger partial charge >= 0.3 is 11.9 Å². The van der Waals surface area contributed by atoms with E-state index < -0.39 is 16.9 Å². The summed E-state index contributed by atoms with van der Waals surface area (Å²) in [4.78, 5) is 32.1. The molecule has 1 aromatic rings. The lowest BCUT2D eigenvalue weighted by Crippen LogP contribution is -2.04. The van der Waals surface area contributed by atoms with Crippen LogP contribution in [0, 0.1) is 28.9 Å². The fourth-order valence-corrected chi connectivity index (χ4v) is 1.47. The van der Waals surface area contributed by atoms with Crippen LogP contribution in [0.1, 0.15) is 27.9 Å². The van der Waals surface area contributed by atoms with Crippen LogP contribution < -0.4 is 0 Å². The summed E-state index contributed by atoms with van der Waals surface area (Å²) in [6.45, 7) is 1.35. The van der Waals surface area contributed by atoms with Crippen molar-refractivity contribution in [1.29, 1.82) is 0 Å². The van der Waals surface area contributed by atoms with E-state index in [0.29, 0.717) is 0 Å². The number of benzene rings is 1. The number of nitro groups is 1. The Kier molecular flexibility index (Phi) is 4.81. The van der Waals surface area contributed by atoms with Crippen molar-refractivity contribution >= 4 is 17.6 Å².